The van der Waals surface area contributed by atoms with E-state index in [2.05, 4.69) is 10.1 Å². The minimum absolute atomic E-state index is 0.106. The van der Waals surface area contributed by atoms with Gasteiger partial charge in [0.2, 0.25) is 5.91 Å². The molecular weight excluding hydrogens is 359 g/mol. The first-order chi connectivity index (χ1) is 11.9. The molecule has 0 fully saturated rings. The molecule has 25 heavy (non-hydrogen) atoms. The van der Waals surface area contributed by atoms with E-state index in [0.29, 0.717) is 5.56 Å². The summed E-state index contributed by atoms with van der Waals surface area (Å²) in [6, 6.07) is 8.47. The third-order valence-electron chi connectivity index (χ3n) is 3.33. The van der Waals surface area contributed by atoms with Gasteiger partial charge in [-0.05, 0) is 29.8 Å². The minimum atomic E-state index is -2.97. The van der Waals surface area contributed by atoms with E-state index in [4.69, 9.17) is 16.3 Å². The van der Waals surface area contributed by atoms with Crippen molar-refractivity contribution in [3.63, 3.8) is 0 Å². The first-order valence-corrected chi connectivity index (χ1v) is 7.59. The summed E-state index contributed by atoms with van der Waals surface area (Å²) in [6.07, 6.45) is -0.213. The number of rotatable bonds is 7. The molecule has 0 radical (unpaired) electrons. The lowest BCUT2D eigenvalue weighted by Gasteiger charge is -2.12. The van der Waals surface area contributed by atoms with Crippen LogP contribution in [0.4, 0.5) is 13.2 Å². The van der Waals surface area contributed by atoms with Gasteiger partial charge in [-0.3, -0.25) is 4.79 Å². The van der Waals surface area contributed by atoms with Crippen molar-refractivity contribution in [1.29, 1.82) is 0 Å². The standard InChI is InChI=1S/C17H15ClF3NO3/c1-24-15-7-10(5-6-14(15)25-17(20)21)9-22-16(23)8-11-12(18)3-2-4-13(11)19/h2-7,17H,8-9H2,1H3,(H,22,23). The number of amides is 1. The Balaban J connectivity index is 2.00. The third-order valence-corrected chi connectivity index (χ3v) is 3.69. The van der Waals surface area contributed by atoms with Gasteiger partial charge >= 0.3 is 6.61 Å². The monoisotopic (exact) mass is 373 g/mol. The van der Waals surface area contributed by atoms with Gasteiger partial charge in [-0.25, -0.2) is 4.39 Å². The minimum Gasteiger partial charge on any atom is -0.493 e. The second kappa shape index (κ2) is 8.62. The average Bonchev–Trinajstić information content (AvgIpc) is 2.57. The number of benzene rings is 2. The van der Waals surface area contributed by atoms with E-state index in [-0.39, 0.29) is 35.1 Å². The molecule has 2 rings (SSSR count). The molecule has 0 heterocycles. The Kier molecular flexibility index (Phi) is 6.52. The van der Waals surface area contributed by atoms with Crippen molar-refractivity contribution in [2.45, 2.75) is 19.6 Å². The summed E-state index contributed by atoms with van der Waals surface area (Å²) < 4.78 is 47.5. The number of halogens is 4. The largest absolute Gasteiger partial charge is 0.493 e. The summed E-state index contributed by atoms with van der Waals surface area (Å²) in [5, 5.41) is 2.78. The molecular formula is C17H15ClF3NO3. The van der Waals surface area contributed by atoms with Gasteiger partial charge in [-0.15, -0.1) is 0 Å². The highest BCUT2D eigenvalue weighted by molar-refractivity contribution is 6.31. The van der Waals surface area contributed by atoms with Gasteiger partial charge in [0.05, 0.1) is 13.5 Å². The number of ether oxygens (including phenoxy) is 2. The van der Waals surface area contributed by atoms with Gasteiger partial charge < -0.3 is 14.8 Å². The SMILES string of the molecule is COc1cc(CNC(=O)Cc2c(F)cccc2Cl)ccc1OC(F)F. The lowest BCUT2D eigenvalue weighted by molar-refractivity contribution is -0.120. The number of hydrogen-bond donors (Lipinski definition) is 1. The van der Waals surface area contributed by atoms with Crippen LogP contribution in [0.15, 0.2) is 36.4 Å². The zero-order valence-corrected chi connectivity index (χ0v) is 13.9. The number of nitrogens with one attached hydrogen (secondary N) is 1. The maximum absolute atomic E-state index is 13.7. The molecule has 0 aliphatic heterocycles. The molecule has 0 aliphatic carbocycles. The molecule has 0 saturated carbocycles. The number of hydrogen-bond acceptors (Lipinski definition) is 3. The van der Waals surface area contributed by atoms with Crippen molar-refractivity contribution in [2.75, 3.05) is 7.11 Å². The number of carbonyl (C=O) groups is 1. The zero-order valence-electron chi connectivity index (χ0n) is 13.2. The van der Waals surface area contributed by atoms with Gasteiger partial charge in [0.1, 0.15) is 5.82 Å². The van der Waals surface area contributed by atoms with Crippen LogP contribution in [-0.2, 0) is 17.8 Å². The Bertz CT molecular complexity index is 736. The molecule has 8 heteroatoms. The van der Waals surface area contributed by atoms with Crippen LogP contribution in [0.2, 0.25) is 5.02 Å². The molecule has 0 atom stereocenters. The normalized spacial score (nSPS) is 10.6. The van der Waals surface area contributed by atoms with E-state index in [0.717, 1.165) is 0 Å². The molecule has 0 aromatic heterocycles. The molecule has 1 amide bonds. The number of alkyl halides is 2. The van der Waals surface area contributed by atoms with Gasteiger partial charge in [0.15, 0.2) is 11.5 Å². The molecule has 1 N–H and O–H groups in total. The van der Waals surface area contributed by atoms with Crippen LogP contribution in [0.5, 0.6) is 11.5 Å². The molecule has 134 valence electrons. The van der Waals surface area contributed by atoms with Gasteiger partial charge in [-0.1, -0.05) is 23.7 Å². The third kappa shape index (κ3) is 5.29. The Labute approximate surface area is 147 Å². The molecule has 4 nitrogen and oxygen atoms in total. The predicted molar refractivity (Wildman–Crippen MR) is 86.6 cm³/mol. The lowest BCUT2D eigenvalue weighted by atomic mass is 10.1. The van der Waals surface area contributed by atoms with Crippen molar-refractivity contribution in [2.24, 2.45) is 0 Å². The van der Waals surface area contributed by atoms with E-state index >= 15 is 0 Å². The van der Waals surface area contributed by atoms with E-state index < -0.39 is 18.3 Å². The van der Waals surface area contributed by atoms with Gasteiger partial charge in [0, 0.05) is 17.1 Å². The number of methoxy groups -OCH3 is 1. The predicted octanol–water partition coefficient (Wildman–Crippen LogP) is 3.95. The van der Waals surface area contributed by atoms with Gasteiger partial charge in [-0.2, -0.15) is 8.78 Å². The van der Waals surface area contributed by atoms with Crippen molar-refractivity contribution in [3.05, 3.63) is 58.4 Å². The fourth-order valence-corrected chi connectivity index (χ4v) is 2.37. The van der Waals surface area contributed by atoms with Crippen LogP contribution in [0.25, 0.3) is 0 Å². The summed E-state index contributed by atoms with van der Waals surface area (Å²) in [7, 11) is 1.32. The first kappa shape index (κ1) is 18.9. The molecule has 0 bridgehead atoms. The fourth-order valence-electron chi connectivity index (χ4n) is 2.14. The Morgan fingerprint density at radius 1 is 1.24 bits per heavy atom. The van der Waals surface area contributed by atoms with Crippen LogP contribution in [0.1, 0.15) is 11.1 Å². The summed E-state index contributed by atoms with van der Waals surface area (Å²) in [4.78, 5) is 12.0. The van der Waals surface area contributed by atoms with E-state index in [1.165, 1.54) is 43.5 Å². The molecule has 0 unspecified atom stereocenters. The van der Waals surface area contributed by atoms with Crippen molar-refractivity contribution >= 4 is 17.5 Å². The average molecular weight is 374 g/mol. The quantitative estimate of drug-likeness (QED) is 0.799. The van der Waals surface area contributed by atoms with Gasteiger partial charge in [0.25, 0.3) is 0 Å². The fraction of sp³-hybridized carbons (Fsp3) is 0.235. The van der Waals surface area contributed by atoms with E-state index in [9.17, 15) is 18.0 Å². The molecule has 2 aromatic carbocycles. The summed E-state index contributed by atoms with van der Waals surface area (Å²) >= 11 is 5.88. The van der Waals surface area contributed by atoms with Crippen molar-refractivity contribution in [3.8, 4) is 11.5 Å². The number of carbonyl (C=O) groups excluding carboxylic acids is 1. The smallest absolute Gasteiger partial charge is 0.387 e. The molecule has 2 aromatic rings. The van der Waals surface area contributed by atoms with Crippen LogP contribution in [-0.4, -0.2) is 19.6 Å². The maximum atomic E-state index is 13.7. The Morgan fingerprint density at radius 3 is 2.64 bits per heavy atom. The second-order valence-electron chi connectivity index (χ2n) is 5.02. The Hall–Kier alpha value is -2.41. The molecule has 0 aliphatic rings. The summed E-state index contributed by atoms with van der Waals surface area (Å²) in [5.74, 6) is -0.980. The van der Waals surface area contributed by atoms with E-state index in [1.807, 2.05) is 0 Å². The van der Waals surface area contributed by atoms with Crippen LogP contribution in [0.3, 0.4) is 0 Å². The molecule has 0 saturated heterocycles. The maximum Gasteiger partial charge on any atom is 0.387 e. The van der Waals surface area contributed by atoms with Crippen LogP contribution in [0, 0.1) is 5.82 Å². The highest BCUT2D eigenvalue weighted by Gasteiger charge is 2.13. The summed E-state index contributed by atoms with van der Waals surface area (Å²) in [6.45, 7) is -2.86. The van der Waals surface area contributed by atoms with Crippen LogP contribution >= 0.6 is 11.6 Å². The first-order valence-electron chi connectivity index (χ1n) is 7.22. The summed E-state index contributed by atoms with van der Waals surface area (Å²) in [5.41, 5.74) is 0.714. The Morgan fingerprint density at radius 2 is 2.00 bits per heavy atom. The zero-order chi connectivity index (χ0) is 18.4. The lowest BCUT2D eigenvalue weighted by Crippen LogP contribution is -2.25. The van der Waals surface area contributed by atoms with Crippen molar-refractivity contribution in [1.82, 2.24) is 5.32 Å². The highest BCUT2D eigenvalue weighted by atomic mass is 35.5. The van der Waals surface area contributed by atoms with Crippen LogP contribution < -0.4 is 14.8 Å². The highest BCUT2D eigenvalue weighted by Crippen LogP contribution is 2.29. The molecule has 0 spiro atoms. The van der Waals surface area contributed by atoms with E-state index in [1.54, 1.807) is 0 Å². The van der Waals surface area contributed by atoms with Crippen molar-refractivity contribution < 1.29 is 27.4 Å². The topological polar surface area (TPSA) is 47.6 Å². The second-order valence-corrected chi connectivity index (χ2v) is 5.42.